The van der Waals surface area contributed by atoms with Gasteiger partial charge in [0.25, 0.3) is 9.84 Å². The van der Waals surface area contributed by atoms with Gasteiger partial charge in [0, 0.05) is 0 Å². The molecule has 0 atom stereocenters. The zero-order valence-electron chi connectivity index (χ0n) is 9.08. The van der Waals surface area contributed by atoms with Gasteiger partial charge in [0.15, 0.2) is 0 Å². The fraction of sp³-hybridized carbons (Fsp3) is 0.222. The topological polar surface area (TPSA) is 72.5 Å². The normalized spacial score (nSPS) is 13.6. The maximum absolute atomic E-state index is 12.4. The molecule has 0 aliphatic heterocycles. The molecule has 1 aromatic rings. The van der Waals surface area contributed by atoms with Crippen molar-refractivity contribution in [1.82, 2.24) is 0 Å². The van der Waals surface area contributed by atoms with Crippen LogP contribution in [0.25, 0.3) is 0 Å². The molecule has 10 heteroatoms. The fourth-order valence-corrected chi connectivity index (χ4v) is 2.06. The van der Waals surface area contributed by atoms with Crippen LogP contribution in [-0.4, -0.2) is 25.6 Å². The minimum atomic E-state index is -5.46. The Morgan fingerprint density at radius 1 is 1.37 bits per heavy atom. The number of alkyl halides is 4. The highest BCUT2D eigenvalue weighted by Crippen LogP contribution is 2.34. The second kappa shape index (κ2) is 5.56. The van der Waals surface area contributed by atoms with Crippen molar-refractivity contribution in [2.75, 3.05) is 5.88 Å². The molecule has 0 saturated carbocycles. The Balaban J connectivity index is 3.40. The van der Waals surface area contributed by atoms with Gasteiger partial charge in [-0.15, -0.1) is 11.6 Å². The average Bonchev–Trinajstić information content (AvgIpc) is 2.30. The van der Waals surface area contributed by atoms with E-state index in [4.69, 9.17) is 28.9 Å². The van der Waals surface area contributed by atoms with Crippen LogP contribution in [0.15, 0.2) is 28.1 Å². The second-order valence-electron chi connectivity index (χ2n) is 3.30. The second-order valence-corrected chi connectivity index (χ2v) is 5.91. The third kappa shape index (κ3) is 3.52. The lowest BCUT2D eigenvalue weighted by molar-refractivity contribution is -0.0435. The number of nitrogens with two attached hydrogens (primary N) is 1. The standard InChI is InChI=1S/C9H7Cl2F3N2O2S/c10-4-8(15)16-7-3-5(1-2-6(7)11)19(17,18)9(12,13)14/h1-3H,4H2,(H2,15,16). The Kier molecular flexibility index (Phi) is 4.70. The van der Waals surface area contributed by atoms with Crippen molar-refractivity contribution in [3.63, 3.8) is 0 Å². The predicted molar refractivity (Wildman–Crippen MR) is 66.7 cm³/mol. The SMILES string of the molecule is NC(CCl)=Nc1cc(S(=O)(=O)C(F)(F)F)ccc1Cl. The number of aliphatic imine (C=N–C) groups is 1. The summed E-state index contributed by atoms with van der Waals surface area (Å²) in [7, 11) is -5.46. The fourth-order valence-electron chi connectivity index (χ4n) is 1.06. The van der Waals surface area contributed by atoms with E-state index in [0.717, 1.165) is 12.1 Å². The van der Waals surface area contributed by atoms with E-state index in [-0.39, 0.29) is 22.4 Å². The van der Waals surface area contributed by atoms with Crippen LogP contribution in [0.2, 0.25) is 5.02 Å². The third-order valence-electron chi connectivity index (χ3n) is 1.93. The van der Waals surface area contributed by atoms with E-state index < -0.39 is 20.2 Å². The van der Waals surface area contributed by atoms with Gasteiger partial charge in [-0.1, -0.05) is 11.6 Å². The molecule has 0 amide bonds. The molecule has 0 aromatic heterocycles. The summed E-state index contributed by atoms with van der Waals surface area (Å²) in [6.45, 7) is 0. The molecular formula is C9H7Cl2F3N2O2S. The molecule has 2 N–H and O–H groups in total. The minimum Gasteiger partial charge on any atom is -0.386 e. The van der Waals surface area contributed by atoms with E-state index in [2.05, 4.69) is 4.99 Å². The Bertz CT molecular complexity index is 614. The molecule has 0 bridgehead atoms. The summed E-state index contributed by atoms with van der Waals surface area (Å²) in [5.74, 6) is -0.280. The van der Waals surface area contributed by atoms with E-state index in [0.29, 0.717) is 6.07 Å². The zero-order valence-corrected chi connectivity index (χ0v) is 11.4. The molecule has 0 saturated heterocycles. The van der Waals surface area contributed by atoms with Crippen LogP contribution in [0.3, 0.4) is 0 Å². The summed E-state index contributed by atoms with van der Waals surface area (Å²) >= 11 is 11.0. The first kappa shape index (κ1) is 16.1. The number of hydrogen-bond donors (Lipinski definition) is 1. The molecule has 1 aromatic carbocycles. The number of rotatable bonds is 3. The van der Waals surface area contributed by atoms with Gasteiger partial charge >= 0.3 is 5.51 Å². The quantitative estimate of drug-likeness (QED) is 0.524. The van der Waals surface area contributed by atoms with Crippen LogP contribution in [0, 0.1) is 0 Å². The first-order valence-corrected chi connectivity index (χ1v) is 6.99. The van der Waals surface area contributed by atoms with Crippen LogP contribution in [0.5, 0.6) is 0 Å². The zero-order chi connectivity index (χ0) is 14.8. The van der Waals surface area contributed by atoms with Gasteiger partial charge in [-0.3, -0.25) is 0 Å². The van der Waals surface area contributed by atoms with Crippen molar-refractivity contribution in [1.29, 1.82) is 0 Å². The molecule has 106 valence electrons. The summed E-state index contributed by atoms with van der Waals surface area (Å²) in [6.07, 6.45) is 0. The van der Waals surface area contributed by atoms with Gasteiger partial charge in [-0.25, -0.2) is 13.4 Å². The summed E-state index contributed by atoms with van der Waals surface area (Å²) in [4.78, 5) is 2.66. The third-order valence-corrected chi connectivity index (χ3v) is 4.01. The maximum atomic E-state index is 12.4. The van der Waals surface area contributed by atoms with Crippen molar-refractivity contribution < 1.29 is 21.6 Å². The number of halogens is 5. The van der Waals surface area contributed by atoms with Gasteiger partial charge in [0.1, 0.15) is 5.84 Å². The van der Waals surface area contributed by atoms with Crippen LogP contribution in [0.4, 0.5) is 18.9 Å². The summed E-state index contributed by atoms with van der Waals surface area (Å²) in [6, 6.07) is 2.41. The van der Waals surface area contributed by atoms with Crippen molar-refractivity contribution in [2.45, 2.75) is 10.4 Å². The van der Waals surface area contributed by atoms with Gasteiger partial charge in [-0.2, -0.15) is 13.2 Å². The molecule has 0 unspecified atom stereocenters. The van der Waals surface area contributed by atoms with E-state index in [1.54, 1.807) is 0 Å². The van der Waals surface area contributed by atoms with Gasteiger partial charge < -0.3 is 5.73 Å². The molecule has 0 spiro atoms. The van der Waals surface area contributed by atoms with Crippen LogP contribution in [0.1, 0.15) is 0 Å². The molecule has 0 heterocycles. The van der Waals surface area contributed by atoms with Crippen molar-refractivity contribution in [3.8, 4) is 0 Å². The van der Waals surface area contributed by atoms with E-state index in [1.165, 1.54) is 0 Å². The molecule has 0 radical (unpaired) electrons. The van der Waals surface area contributed by atoms with E-state index in [9.17, 15) is 21.6 Å². The molecule has 0 aliphatic rings. The highest BCUT2D eigenvalue weighted by Gasteiger charge is 2.47. The number of nitrogens with zero attached hydrogens (tertiary/aromatic N) is 1. The largest absolute Gasteiger partial charge is 0.501 e. The highest BCUT2D eigenvalue weighted by atomic mass is 35.5. The van der Waals surface area contributed by atoms with Crippen LogP contribution < -0.4 is 5.73 Å². The van der Waals surface area contributed by atoms with Crippen molar-refractivity contribution in [3.05, 3.63) is 23.2 Å². The smallest absolute Gasteiger partial charge is 0.386 e. The summed E-state index contributed by atoms with van der Waals surface area (Å²) in [5.41, 5.74) is -0.300. The molecule has 0 aliphatic carbocycles. The average molecular weight is 335 g/mol. The molecule has 19 heavy (non-hydrogen) atoms. The number of benzene rings is 1. The van der Waals surface area contributed by atoms with Gasteiger partial charge in [-0.05, 0) is 18.2 Å². The summed E-state index contributed by atoms with van der Waals surface area (Å²) in [5, 5.41) is -0.0470. The Morgan fingerprint density at radius 2 is 1.95 bits per heavy atom. The molecule has 1 rings (SSSR count). The number of amidine groups is 1. The van der Waals surface area contributed by atoms with Crippen molar-refractivity contribution >= 4 is 44.6 Å². The lowest BCUT2D eigenvalue weighted by Crippen LogP contribution is -2.23. The van der Waals surface area contributed by atoms with Crippen LogP contribution >= 0.6 is 23.2 Å². The first-order chi connectivity index (χ1) is 8.59. The van der Waals surface area contributed by atoms with Gasteiger partial charge in [0.2, 0.25) is 0 Å². The van der Waals surface area contributed by atoms with Crippen molar-refractivity contribution in [2.24, 2.45) is 10.7 Å². The molecule has 4 nitrogen and oxygen atoms in total. The van der Waals surface area contributed by atoms with E-state index >= 15 is 0 Å². The Hall–Kier alpha value is -0.990. The lowest BCUT2D eigenvalue weighted by atomic mass is 10.3. The minimum absolute atomic E-state index is 0.0470. The number of hydrogen-bond acceptors (Lipinski definition) is 3. The molecule has 0 fully saturated rings. The highest BCUT2D eigenvalue weighted by molar-refractivity contribution is 7.92. The van der Waals surface area contributed by atoms with Gasteiger partial charge in [0.05, 0.1) is 21.5 Å². The first-order valence-electron chi connectivity index (χ1n) is 4.59. The predicted octanol–water partition coefficient (Wildman–Crippen LogP) is 2.86. The lowest BCUT2D eigenvalue weighted by Gasteiger charge is -2.09. The Labute approximate surface area is 116 Å². The van der Waals surface area contributed by atoms with Crippen LogP contribution in [-0.2, 0) is 9.84 Å². The molecular weight excluding hydrogens is 328 g/mol. The van der Waals surface area contributed by atoms with E-state index in [1.807, 2.05) is 0 Å². The monoisotopic (exact) mass is 334 g/mol. The summed E-state index contributed by atoms with van der Waals surface area (Å²) < 4.78 is 59.5. The number of sulfone groups is 1. The maximum Gasteiger partial charge on any atom is 0.501 e. The Morgan fingerprint density at radius 3 is 2.42 bits per heavy atom.